The van der Waals surface area contributed by atoms with Crippen molar-refractivity contribution in [3.63, 3.8) is 0 Å². The van der Waals surface area contributed by atoms with Crippen LogP contribution in [0, 0.1) is 13.8 Å². The number of hydrogen-bond acceptors (Lipinski definition) is 6. The van der Waals surface area contributed by atoms with E-state index in [1.807, 2.05) is 38.1 Å². The number of fused-ring (bicyclic) bond motifs is 1. The largest absolute Gasteiger partial charge is 0.496 e. The second kappa shape index (κ2) is 5.55. The second-order valence-corrected chi connectivity index (χ2v) is 5.05. The lowest BCUT2D eigenvalue weighted by molar-refractivity contribution is 0.314. The number of ether oxygens (including phenoxy) is 2. The predicted octanol–water partition coefficient (Wildman–Crippen LogP) is 3.60. The van der Waals surface area contributed by atoms with Crippen LogP contribution in [0.2, 0.25) is 0 Å². The first-order valence-corrected chi connectivity index (χ1v) is 6.85. The number of benzene rings is 2. The van der Waals surface area contributed by atoms with Gasteiger partial charge in [-0.15, -0.1) is 0 Å². The van der Waals surface area contributed by atoms with Crippen molar-refractivity contribution in [2.24, 2.45) is 0 Å². The molecule has 0 aliphatic carbocycles. The van der Waals surface area contributed by atoms with Crippen LogP contribution in [0.5, 0.6) is 11.5 Å². The molecule has 0 aliphatic rings. The average molecular weight is 299 g/mol. The van der Waals surface area contributed by atoms with Gasteiger partial charge >= 0.3 is 0 Å². The summed E-state index contributed by atoms with van der Waals surface area (Å²) in [6, 6.07) is 7.77. The zero-order valence-corrected chi connectivity index (χ0v) is 12.9. The zero-order chi connectivity index (χ0) is 15.7. The van der Waals surface area contributed by atoms with Crippen molar-refractivity contribution in [1.29, 1.82) is 0 Å². The van der Waals surface area contributed by atoms with Crippen LogP contribution in [0.1, 0.15) is 11.1 Å². The van der Waals surface area contributed by atoms with E-state index < -0.39 is 0 Å². The van der Waals surface area contributed by atoms with E-state index >= 15 is 0 Å². The topological polar surface area (TPSA) is 69.4 Å². The molecule has 0 unspecified atom stereocenters. The Kier molecular flexibility index (Phi) is 3.58. The average Bonchev–Trinajstić information content (AvgIpc) is 2.97. The molecule has 0 amide bonds. The van der Waals surface area contributed by atoms with Crippen molar-refractivity contribution in [3.05, 3.63) is 35.4 Å². The molecule has 114 valence electrons. The minimum atomic E-state index is 0.592. The minimum absolute atomic E-state index is 0.592. The molecule has 0 bridgehead atoms. The summed E-state index contributed by atoms with van der Waals surface area (Å²) in [5.41, 5.74) is 5.10. The van der Waals surface area contributed by atoms with Gasteiger partial charge in [0.1, 0.15) is 5.75 Å². The van der Waals surface area contributed by atoms with Gasteiger partial charge in [0, 0.05) is 5.69 Å². The fourth-order valence-electron chi connectivity index (χ4n) is 2.61. The van der Waals surface area contributed by atoms with Gasteiger partial charge in [0.05, 0.1) is 19.9 Å². The summed E-state index contributed by atoms with van der Waals surface area (Å²) in [5, 5.41) is 11.2. The summed E-state index contributed by atoms with van der Waals surface area (Å²) in [6.45, 7) is 4.02. The van der Waals surface area contributed by atoms with Gasteiger partial charge in [-0.25, -0.2) is 4.63 Å². The molecule has 1 aromatic heterocycles. The molecule has 3 rings (SSSR count). The second-order valence-electron chi connectivity index (χ2n) is 5.05. The SMILES string of the molecule is COc1c(C)cc(Nc2ccc(OC)c3nonc23)cc1C. The van der Waals surface area contributed by atoms with Crippen LogP contribution >= 0.6 is 0 Å². The summed E-state index contributed by atoms with van der Waals surface area (Å²) in [5.74, 6) is 1.53. The Labute approximate surface area is 128 Å². The van der Waals surface area contributed by atoms with E-state index in [0.29, 0.717) is 16.8 Å². The van der Waals surface area contributed by atoms with E-state index in [1.165, 1.54) is 0 Å². The number of nitrogens with one attached hydrogen (secondary N) is 1. The standard InChI is InChI=1S/C16H17N3O3/c1-9-7-11(8-10(2)16(9)21-4)17-12-5-6-13(20-3)15-14(12)18-22-19-15/h5-8,17H,1-4H3. The summed E-state index contributed by atoms with van der Waals surface area (Å²) in [4.78, 5) is 0. The van der Waals surface area contributed by atoms with Crippen LogP contribution in [0.3, 0.4) is 0 Å². The summed E-state index contributed by atoms with van der Waals surface area (Å²) < 4.78 is 15.5. The number of anilines is 2. The third-order valence-electron chi connectivity index (χ3n) is 3.54. The van der Waals surface area contributed by atoms with Gasteiger partial charge in [0.25, 0.3) is 0 Å². The lowest BCUT2D eigenvalue weighted by Crippen LogP contribution is -1.97. The molecule has 6 heteroatoms. The van der Waals surface area contributed by atoms with Gasteiger partial charge in [0.15, 0.2) is 16.8 Å². The first-order valence-electron chi connectivity index (χ1n) is 6.85. The molecule has 0 atom stereocenters. The number of aryl methyl sites for hydroxylation is 2. The predicted molar refractivity (Wildman–Crippen MR) is 84.1 cm³/mol. The minimum Gasteiger partial charge on any atom is -0.496 e. The smallest absolute Gasteiger partial charge is 0.179 e. The Morgan fingerprint density at radius 3 is 2.27 bits per heavy atom. The fraction of sp³-hybridized carbons (Fsp3) is 0.250. The lowest BCUT2D eigenvalue weighted by Gasteiger charge is -2.13. The maximum atomic E-state index is 5.39. The van der Waals surface area contributed by atoms with E-state index in [9.17, 15) is 0 Å². The third kappa shape index (κ3) is 2.32. The highest BCUT2D eigenvalue weighted by atomic mass is 16.6. The summed E-state index contributed by atoms with van der Waals surface area (Å²) in [7, 11) is 3.27. The first-order chi connectivity index (χ1) is 10.6. The van der Waals surface area contributed by atoms with Crippen molar-refractivity contribution in [1.82, 2.24) is 10.3 Å². The molecule has 0 fully saturated rings. The van der Waals surface area contributed by atoms with Crippen LogP contribution in [0.4, 0.5) is 11.4 Å². The van der Waals surface area contributed by atoms with Crippen molar-refractivity contribution in [3.8, 4) is 11.5 Å². The molecule has 0 saturated heterocycles. The highest BCUT2D eigenvalue weighted by Gasteiger charge is 2.13. The summed E-state index contributed by atoms with van der Waals surface area (Å²) >= 11 is 0. The molecule has 0 saturated carbocycles. The van der Waals surface area contributed by atoms with Crippen molar-refractivity contribution in [2.75, 3.05) is 19.5 Å². The zero-order valence-electron chi connectivity index (χ0n) is 12.9. The molecule has 0 spiro atoms. The lowest BCUT2D eigenvalue weighted by atomic mass is 10.1. The van der Waals surface area contributed by atoms with Crippen molar-refractivity contribution >= 4 is 22.4 Å². The molecule has 1 N–H and O–H groups in total. The molecular weight excluding hydrogens is 282 g/mol. The Morgan fingerprint density at radius 2 is 1.64 bits per heavy atom. The fourth-order valence-corrected chi connectivity index (χ4v) is 2.61. The first kappa shape index (κ1) is 14.2. The van der Waals surface area contributed by atoms with Crippen LogP contribution in [-0.4, -0.2) is 24.5 Å². The molecule has 3 aromatic rings. The van der Waals surface area contributed by atoms with E-state index in [2.05, 4.69) is 15.6 Å². The van der Waals surface area contributed by atoms with Gasteiger partial charge in [-0.2, -0.15) is 0 Å². The van der Waals surface area contributed by atoms with E-state index in [0.717, 1.165) is 28.3 Å². The van der Waals surface area contributed by atoms with Gasteiger partial charge < -0.3 is 14.8 Å². The number of hydrogen-bond donors (Lipinski definition) is 1. The molecule has 1 heterocycles. The Bertz CT molecular complexity index is 804. The van der Waals surface area contributed by atoms with Crippen LogP contribution in [0.25, 0.3) is 11.0 Å². The Morgan fingerprint density at radius 1 is 0.955 bits per heavy atom. The Hall–Kier alpha value is -2.76. The normalized spacial score (nSPS) is 10.7. The van der Waals surface area contributed by atoms with Gasteiger partial charge in [0.2, 0.25) is 0 Å². The molecule has 2 aromatic carbocycles. The maximum Gasteiger partial charge on any atom is 0.179 e. The molecule has 22 heavy (non-hydrogen) atoms. The van der Waals surface area contributed by atoms with Crippen LogP contribution < -0.4 is 14.8 Å². The highest BCUT2D eigenvalue weighted by molar-refractivity contribution is 5.93. The van der Waals surface area contributed by atoms with Gasteiger partial charge in [-0.3, -0.25) is 0 Å². The van der Waals surface area contributed by atoms with Crippen molar-refractivity contribution in [2.45, 2.75) is 13.8 Å². The van der Waals surface area contributed by atoms with E-state index in [1.54, 1.807) is 14.2 Å². The number of aromatic nitrogens is 2. The maximum absolute atomic E-state index is 5.39. The third-order valence-corrected chi connectivity index (χ3v) is 3.54. The Balaban J connectivity index is 2.02. The number of nitrogens with zero attached hydrogens (tertiary/aromatic N) is 2. The van der Waals surface area contributed by atoms with Crippen LogP contribution in [-0.2, 0) is 0 Å². The van der Waals surface area contributed by atoms with Crippen LogP contribution in [0.15, 0.2) is 28.9 Å². The molecule has 6 nitrogen and oxygen atoms in total. The molecular formula is C16H17N3O3. The number of rotatable bonds is 4. The van der Waals surface area contributed by atoms with Gasteiger partial charge in [-0.1, -0.05) is 0 Å². The van der Waals surface area contributed by atoms with E-state index in [-0.39, 0.29) is 0 Å². The quantitative estimate of drug-likeness (QED) is 0.793. The summed E-state index contributed by atoms with van der Waals surface area (Å²) in [6.07, 6.45) is 0. The van der Waals surface area contributed by atoms with Gasteiger partial charge in [-0.05, 0) is 59.6 Å². The van der Waals surface area contributed by atoms with E-state index in [4.69, 9.17) is 14.1 Å². The molecule has 0 radical (unpaired) electrons. The molecule has 0 aliphatic heterocycles. The van der Waals surface area contributed by atoms with Crippen molar-refractivity contribution < 1.29 is 14.1 Å². The highest BCUT2D eigenvalue weighted by Crippen LogP contribution is 2.33. The number of methoxy groups -OCH3 is 2. The monoisotopic (exact) mass is 299 g/mol.